The van der Waals surface area contributed by atoms with E-state index < -0.39 is 6.10 Å². The van der Waals surface area contributed by atoms with E-state index in [1.807, 2.05) is 0 Å². The summed E-state index contributed by atoms with van der Waals surface area (Å²) in [6, 6.07) is 0. The van der Waals surface area contributed by atoms with Crippen molar-refractivity contribution in [2.45, 2.75) is 335 Å². The van der Waals surface area contributed by atoms with Crippen molar-refractivity contribution < 1.29 is 28.6 Å². The SMILES string of the molecule is CC/C=C\C/C=C\C/C=C\C/C=C\C/C=C\C/C=C\C/C=C\C/C=C\CCCCCCC(=O)OCC(COC(=O)CCCCCCCCC)OC(=O)CCCCCCCCCCCCCCCCCCCCCCCCCCC. The molecule has 0 aliphatic carbocycles. The van der Waals surface area contributed by atoms with E-state index in [1.54, 1.807) is 0 Å². The van der Waals surface area contributed by atoms with Gasteiger partial charge in [-0.05, 0) is 83.5 Å². The Balaban J connectivity index is 4.17. The minimum absolute atomic E-state index is 0.0827. The highest BCUT2D eigenvalue weighted by Gasteiger charge is 2.19. The van der Waals surface area contributed by atoms with Crippen LogP contribution in [-0.4, -0.2) is 37.2 Å². The Hall–Kier alpha value is -3.67. The van der Waals surface area contributed by atoms with Crippen LogP contribution in [0.5, 0.6) is 0 Å². The normalized spacial score (nSPS) is 12.7. The van der Waals surface area contributed by atoms with Gasteiger partial charge in [0.1, 0.15) is 13.2 Å². The lowest BCUT2D eigenvalue weighted by Crippen LogP contribution is -2.30. The van der Waals surface area contributed by atoms with Crippen molar-refractivity contribution in [1.29, 1.82) is 0 Å². The Kier molecular flexibility index (Phi) is 63.7. The molecule has 1 unspecified atom stereocenters. The molecule has 0 aromatic rings. The molecule has 0 amide bonds. The van der Waals surface area contributed by atoms with Gasteiger partial charge in [0, 0.05) is 19.3 Å². The average Bonchev–Trinajstić information content (AvgIpc) is 3.45. The van der Waals surface area contributed by atoms with Crippen LogP contribution in [0.15, 0.2) is 97.2 Å². The number of esters is 3. The Morgan fingerprint density at radius 1 is 0.266 bits per heavy atom. The molecular weight excluding hydrogens is 973 g/mol. The summed E-state index contributed by atoms with van der Waals surface area (Å²) in [5.74, 6) is -0.903. The van der Waals surface area contributed by atoms with Gasteiger partial charge in [-0.3, -0.25) is 14.4 Å². The largest absolute Gasteiger partial charge is 0.462 e. The van der Waals surface area contributed by atoms with Gasteiger partial charge in [-0.15, -0.1) is 0 Å². The molecule has 0 radical (unpaired) electrons. The fourth-order valence-electron chi connectivity index (χ4n) is 9.58. The average molecular weight is 1100 g/mol. The summed E-state index contributed by atoms with van der Waals surface area (Å²) in [4.78, 5) is 38.1. The Morgan fingerprint density at radius 3 is 0.772 bits per heavy atom. The topological polar surface area (TPSA) is 78.9 Å². The summed E-state index contributed by atoms with van der Waals surface area (Å²) in [6.45, 7) is 6.50. The molecule has 0 saturated carbocycles. The quantitative estimate of drug-likeness (QED) is 0.0261. The number of carbonyl (C=O) groups excluding carboxylic acids is 3. The van der Waals surface area contributed by atoms with Crippen LogP contribution in [0, 0.1) is 0 Å². The van der Waals surface area contributed by atoms with Crippen LogP contribution in [0.3, 0.4) is 0 Å². The zero-order chi connectivity index (χ0) is 57.1. The molecule has 454 valence electrons. The van der Waals surface area contributed by atoms with Crippen LogP contribution in [-0.2, 0) is 28.6 Å². The Morgan fingerprint density at radius 2 is 0.494 bits per heavy atom. The third-order valence-electron chi connectivity index (χ3n) is 14.6. The summed E-state index contributed by atoms with van der Waals surface area (Å²) in [6.07, 6.45) is 90.3. The lowest BCUT2D eigenvalue weighted by molar-refractivity contribution is -0.167. The fourth-order valence-corrected chi connectivity index (χ4v) is 9.58. The lowest BCUT2D eigenvalue weighted by Gasteiger charge is -2.18. The van der Waals surface area contributed by atoms with E-state index in [-0.39, 0.29) is 31.1 Å². The molecule has 6 nitrogen and oxygen atoms in total. The molecule has 0 aromatic carbocycles. The number of allylic oxidation sites excluding steroid dienone is 16. The van der Waals surface area contributed by atoms with E-state index in [4.69, 9.17) is 14.2 Å². The van der Waals surface area contributed by atoms with E-state index in [9.17, 15) is 14.4 Å². The fraction of sp³-hybridized carbons (Fsp3) is 0.740. The lowest BCUT2D eigenvalue weighted by atomic mass is 10.0. The van der Waals surface area contributed by atoms with Gasteiger partial charge in [-0.2, -0.15) is 0 Å². The van der Waals surface area contributed by atoms with Crippen LogP contribution < -0.4 is 0 Å². The molecule has 0 rings (SSSR count). The van der Waals surface area contributed by atoms with Crippen LogP contribution >= 0.6 is 0 Å². The van der Waals surface area contributed by atoms with Gasteiger partial charge in [0.25, 0.3) is 0 Å². The zero-order valence-corrected chi connectivity index (χ0v) is 52.1. The van der Waals surface area contributed by atoms with Crippen molar-refractivity contribution in [2.24, 2.45) is 0 Å². The summed E-state index contributed by atoms with van der Waals surface area (Å²) < 4.78 is 16.8. The van der Waals surface area contributed by atoms with Gasteiger partial charge >= 0.3 is 17.9 Å². The monoisotopic (exact) mass is 1100 g/mol. The Labute approximate surface area is 489 Å². The maximum Gasteiger partial charge on any atom is 0.306 e. The predicted molar refractivity (Wildman–Crippen MR) is 344 cm³/mol. The van der Waals surface area contributed by atoms with E-state index in [0.29, 0.717) is 19.3 Å². The van der Waals surface area contributed by atoms with Gasteiger partial charge < -0.3 is 14.2 Å². The minimum atomic E-state index is -0.785. The number of rotatable bonds is 61. The first-order chi connectivity index (χ1) is 39.0. The second-order valence-corrected chi connectivity index (χ2v) is 22.4. The van der Waals surface area contributed by atoms with E-state index >= 15 is 0 Å². The maximum atomic E-state index is 12.9. The van der Waals surface area contributed by atoms with Gasteiger partial charge in [-0.25, -0.2) is 0 Å². The molecule has 79 heavy (non-hydrogen) atoms. The van der Waals surface area contributed by atoms with Gasteiger partial charge in [-0.1, -0.05) is 323 Å². The molecule has 0 N–H and O–H groups in total. The van der Waals surface area contributed by atoms with Crippen molar-refractivity contribution in [2.75, 3.05) is 13.2 Å². The van der Waals surface area contributed by atoms with Crippen molar-refractivity contribution >= 4 is 17.9 Å². The molecule has 0 heterocycles. The molecule has 0 spiro atoms. The molecule has 1 atom stereocenters. The number of hydrogen-bond donors (Lipinski definition) is 0. The van der Waals surface area contributed by atoms with Crippen LogP contribution in [0.25, 0.3) is 0 Å². The number of ether oxygens (including phenoxy) is 3. The third-order valence-corrected chi connectivity index (χ3v) is 14.6. The van der Waals surface area contributed by atoms with Gasteiger partial charge in [0.05, 0.1) is 0 Å². The Bertz CT molecular complexity index is 1540. The molecular formula is C73H126O6. The van der Waals surface area contributed by atoms with Crippen molar-refractivity contribution in [3.8, 4) is 0 Å². The van der Waals surface area contributed by atoms with Crippen LogP contribution in [0.4, 0.5) is 0 Å². The first-order valence-corrected chi connectivity index (χ1v) is 33.7. The van der Waals surface area contributed by atoms with Crippen molar-refractivity contribution in [3.05, 3.63) is 97.2 Å². The maximum absolute atomic E-state index is 12.9. The summed E-state index contributed by atoms with van der Waals surface area (Å²) >= 11 is 0. The first kappa shape index (κ1) is 75.3. The standard InChI is InChI=1S/C73H126O6/c1-4-7-10-13-16-18-20-22-24-26-28-30-32-34-35-36-37-39-40-42-44-46-48-50-52-54-57-60-63-66-72(75)78-69-70(68-77-71(74)65-62-59-56-15-12-9-6-3)79-73(76)67-64-61-58-55-53-51-49-47-45-43-41-38-33-31-29-27-25-23-21-19-17-14-11-8-5-2/h7,10,16,18,22,24,28,30,34-35,37,39,42,44,48,50,70H,4-6,8-9,11-15,17,19-21,23,25-27,29,31-33,36,38,40-41,43,45-47,49,51-69H2,1-3H3/b10-7-,18-16-,24-22-,30-28-,35-34-,39-37-,44-42-,50-48-. The first-order valence-electron chi connectivity index (χ1n) is 33.7. The minimum Gasteiger partial charge on any atom is -0.462 e. The summed E-state index contributed by atoms with van der Waals surface area (Å²) in [5.41, 5.74) is 0. The highest BCUT2D eigenvalue weighted by atomic mass is 16.6. The number of carbonyl (C=O) groups is 3. The predicted octanol–water partition coefficient (Wildman–Crippen LogP) is 23.2. The molecule has 0 fully saturated rings. The molecule has 0 aliphatic heterocycles. The van der Waals surface area contributed by atoms with Gasteiger partial charge in [0.2, 0.25) is 0 Å². The molecule has 0 bridgehead atoms. The highest BCUT2D eigenvalue weighted by Crippen LogP contribution is 2.17. The van der Waals surface area contributed by atoms with Crippen LogP contribution in [0.1, 0.15) is 329 Å². The number of hydrogen-bond acceptors (Lipinski definition) is 6. The van der Waals surface area contributed by atoms with Crippen LogP contribution in [0.2, 0.25) is 0 Å². The van der Waals surface area contributed by atoms with Gasteiger partial charge in [0.15, 0.2) is 6.10 Å². The second kappa shape index (κ2) is 66.8. The highest BCUT2D eigenvalue weighted by molar-refractivity contribution is 5.71. The zero-order valence-electron chi connectivity index (χ0n) is 52.1. The third kappa shape index (κ3) is 65.0. The van der Waals surface area contributed by atoms with E-state index in [2.05, 4.69) is 118 Å². The summed E-state index contributed by atoms with van der Waals surface area (Å²) in [5, 5.41) is 0. The molecule has 0 saturated heterocycles. The van der Waals surface area contributed by atoms with E-state index in [0.717, 1.165) is 122 Å². The second-order valence-electron chi connectivity index (χ2n) is 22.4. The number of unbranched alkanes of at least 4 members (excludes halogenated alkanes) is 34. The summed E-state index contributed by atoms with van der Waals surface area (Å²) in [7, 11) is 0. The van der Waals surface area contributed by atoms with Crippen molar-refractivity contribution in [1.82, 2.24) is 0 Å². The molecule has 0 aromatic heterocycles. The van der Waals surface area contributed by atoms with E-state index in [1.165, 1.54) is 167 Å². The molecule has 0 aliphatic rings. The smallest absolute Gasteiger partial charge is 0.306 e. The molecule has 6 heteroatoms. The van der Waals surface area contributed by atoms with Crippen molar-refractivity contribution in [3.63, 3.8) is 0 Å².